The molecule has 4 nitrogen and oxygen atoms in total. The molecule has 1 amide bonds. The molecule has 2 N–H and O–H groups in total. The Kier molecular flexibility index (Phi) is 2.91. The number of rotatable bonds is 3. The molecule has 0 atom stereocenters. The van der Waals surface area contributed by atoms with Gasteiger partial charge in [0.15, 0.2) is 0 Å². The van der Waals surface area contributed by atoms with Gasteiger partial charge in [0, 0.05) is 23.4 Å². The van der Waals surface area contributed by atoms with Crippen LogP contribution in [-0.2, 0) is 0 Å². The molecule has 3 rings (SSSR count). The Morgan fingerprint density at radius 3 is 2.79 bits per heavy atom. The zero-order valence-corrected chi connectivity index (χ0v) is 10.3. The standard InChI is InChI=1S/C15H14N2O2/c18-14-7-12(8-16-9-14)10-2-1-3-11(6-10)15(19)17-13-4-5-13/h1-3,6-9,13,18H,4-5H2,(H,17,19). The van der Waals surface area contributed by atoms with Gasteiger partial charge in [-0.15, -0.1) is 0 Å². The third-order valence-corrected chi connectivity index (χ3v) is 3.09. The maximum absolute atomic E-state index is 12.0. The van der Waals surface area contributed by atoms with Gasteiger partial charge in [0.2, 0.25) is 0 Å². The Hall–Kier alpha value is -2.36. The van der Waals surface area contributed by atoms with E-state index in [4.69, 9.17) is 0 Å². The lowest BCUT2D eigenvalue weighted by atomic mass is 10.0. The molecular formula is C15H14N2O2. The highest BCUT2D eigenvalue weighted by atomic mass is 16.3. The molecule has 1 aromatic heterocycles. The monoisotopic (exact) mass is 254 g/mol. The van der Waals surface area contributed by atoms with E-state index < -0.39 is 0 Å². The van der Waals surface area contributed by atoms with Crippen molar-refractivity contribution >= 4 is 5.91 Å². The number of hydrogen-bond donors (Lipinski definition) is 2. The zero-order chi connectivity index (χ0) is 13.2. The number of nitrogens with one attached hydrogen (secondary N) is 1. The van der Waals surface area contributed by atoms with Crippen LogP contribution in [0.5, 0.6) is 5.75 Å². The van der Waals surface area contributed by atoms with Gasteiger partial charge in [-0.2, -0.15) is 0 Å². The van der Waals surface area contributed by atoms with Crippen LogP contribution in [0.3, 0.4) is 0 Å². The molecule has 1 aliphatic rings. The highest BCUT2D eigenvalue weighted by Crippen LogP contribution is 2.24. The first-order valence-corrected chi connectivity index (χ1v) is 6.28. The molecule has 0 bridgehead atoms. The second kappa shape index (κ2) is 4.72. The minimum absolute atomic E-state index is 0.0440. The molecule has 4 heteroatoms. The van der Waals surface area contributed by atoms with Crippen LogP contribution in [0.2, 0.25) is 0 Å². The van der Waals surface area contributed by atoms with Crippen molar-refractivity contribution in [1.29, 1.82) is 0 Å². The summed E-state index contributed by atoms with van der Waals surface area (Å²) in [5.74, 6) is 0.0720. The zero-order valence-electron chi connectivity index (χ0n) is 10.3. The number of carbonyl (C=O) groups excluding carboxylic acids is 1. The van der Waals surface area contributed by atoms with Crippen molar-refractivity contribution in [1.82, 2.24) is 10.3 Å². The van der Waals surface area contributed by atoms with Crippen LogP contribution in [0.1, 0.15) is 23.2 Å². The van der Waals surface area contributed by atoms with Crippen LogP contribution in [0.25, 0.3) is 11.1 Å². The summed E-state index contributed by atoms with van der Waals surface area (Å²) in [6, 6.07) is 9.31. The number of carbonyl (C=O) groups is 1. The van der Waals surface area contributed by atoms with Gasteiger partial charge in [0.1, 0.15) is 5.75 Å². The molecule has 96 valence electrons. The third-order valence-electron chi connectivity index (χ3n) is 3.09. The Labute approximate surface area is 111 Å². The fourth-order valence-corrected chi connectivity index (χ4v) is 1.92. The minimum Gasteiger partial charge on any atom is -0.506 e. The van der Waals surface area contributed by atoms with Crippen LogP contribution in [-0.4, -0.2) is 22.0 Å². The molecule has 0 unspecified atom stereocenters. The molecule has 1 saturated carbocycles. The first-order valence-electron chi connectivity index (χ1n) is 6.28. The molecule has 1 aromatic carbocycles. The number of amides is 1. The number of hydrogen-bond acceptors (Lipinski definition) is 3. The smallest absolute Gasteiger partial charge is 0.251 e. The molecule has 0 radical (unpaired) electrons. The van der Waals surface area contributed by atoms with E-state index in [0.29, 0.717) is 11.6 Å². The molecule has 2 aromatic rings. The van der Waals surface area contributed by atoms with E-state index in [9.17, 15) is 9.90 Å². The Balaban J connectivity index is 1.88. The normalized spacial score (nSPS) is 14.1. The van der Waals surface area contributed by atoms with Crippen LogP contribution in [0.4, 0.5) is 0 Å². The Morgan fingerprint density at radius 1 is 1.21 bits per heavy atom. The maximum Gasteiger partial charge on any atom is 0.251 e. The summed E-state index contributed by atoms with van der Waals surface area (Å²) >= 11 is 0. The minimum atomic E-state index is -0.0440. The summed E-state index contributed by atoms with van der Waals surface area (Å²) in [6.07, 6.45) is 5.19. The maximum atomic E-state index is 12.0. The fraction of sp³-hybridized carbons (Fsp3) is 0.200. The third kappa shape index (κ3) is 2.73. The highest BCUT2D eigenvalue weighted by Gasteiger charge is 2.23. The first-order chi connectivity index (χ1) is 9.22. The van der Waals surface area contributed by atoms with E-state index in [1.807, 2.05) is 18.2 Å². The van der Waals surface area contributed by atoms with Crippen LogP contribution < -0.4 is 5.32 Å². The topological polar surface area (TPSA) is 62.2 Å². The van der Waals surface area contributed by atoms with E-state index in [-0.39, 0.29) is 11.7 Å². The van der Waals surface area contributed by atoms with Crippen molar-refractivity contribution < 1.29 is 9.90 Å². The molecule has 0 aliphatic heterocycles. The Bertz CT molecular complexity index is 621. The lowest BCUT2D eigenvalue weighted by Crippen LogP contribution is -2.25. The summed E-state index contributed by atoms with van der Waals surface area (Å²) in [6.45, 7) is 0. The van der Waals surface area contributed by atoms with E-state index in [1.165, 1.54) is 6.20 Å². The van der Waals surface area contributed by atoms with Gasteiger partial charge in [0.25, 0.3) is 5.91 Å². The van der Waals surface area contributed by atoms with Crippen molar-refractivity contribution in [3.05, 3.63) is 48.3 Å². The molecular weight excluding hydrogens is 240 g/mol. The predicted molar refractivity (Wildman–Crippen MR) is 71.8 cm³/mol. The van der Waals surface area contributed by atoms with E-state index in [2.05, 4.69) is 10.3 Å². The second-order valence-electron chi connectivity index (χ2n) is 4.76. The largest absolute Gasteiger partial charge is 0.506 e. The van der Waals surface area contributed by atoms with Crippen LogP contribution >= 0.6 is 0 Å². The van der Waals surface area contributed by atoms with Crippen molar-refractivity contribution in [3.63, 3.8) is 0 Å². The summed E-state index contributed by atoms with van der Waals surface area (Å²) in [5, 5.41) is 12.4. The Morgan fingerprint density at radius 2 is 2.05 bits per heavy atom. The SMILES string of the molecule is O=C(NC1CC1)c1cccc(-c2cncc(O)c2)c1. The lowest BCUT2D eigenvalue weighted by molar-refractivity contribution is 0.0951. The molecule has 19 heavy (non-hydrogen) atoms. The highest BCUT2D eigenvalue weighted by molar-refractivity contribution is 5.95. The van der Waals surface area contributed by atoms with Gasteiger partial charge < -0.3 is 10.4 Å². The summed E-state index contributed by atoms with van der Waals surface area (Å²) in [7, 11) is 0. The summed E-state index contributed by atoms with van der Waals surface area (Å²) in [5.41, 5.74) is 2.29. The number of nitrogens with zero attached hydrogens (tertiary/aromatic N) is 1. The van der Waals surface area contributed by atoms with Gasteiger partial charge >= 0.3 is 0 Å². The average molecular weight is 254 g/mol. The van der Waals surface area contributed by atoms with Crippen molar-refractivity contribution in [2.75, 3.05) is 0 Å². The number of aromatic hydroxyl groups is 1. The number of pyridine rings is 1. The van der Waals surface area contributed by atoms with Gasteiger partial charge in [0.05, 0.1) is 6.20 Å². The summed E-state index contributed by atoms with van der Waals surface area (Å²) < 4.78 is 0. The molecule has 1 aliphatic carbocycles. The second-order valence-corrected chi connectivity index (χ2v) is 4.76. The predicted octanol–water partition coefficient (Wildman–Crippen LogP) is 2.35. The van der Waals surface area contributed by atoms with Crippen LogP contribution in [0, 0.1) is 0 Å². The molecule has 1 fully saturated rings. The molecule has 0 spiro atoms. The first kappa shape index (κ1) is 11.7. The van der Waals surface area contributed by atoms with Gasteiger partial charge in [-0.1, -0.05) is 12.1 Å². The van der Waals surface area contributed by atoms with Gasteiger partial charge in [-0.3, -0.25) is 9.78 Å². The van der Waals surface area contributed by atoms with Gasteiger partial charge in [-0.05, 0) is 36.6 Å². The average Bonchev–Trinajstić information content (AvgIpc) is 3.23. The van der Waals surface area contributed by atoms with E-state index >= 15 is 0 Å². The molecule has 0 saturated heterocycles. The summed E-state index contributed by atoms with van der Waals surface area (Å²) in [4.78, 5) is 15.9. The van der Waals surface area contributed by atoms with Crippen molar-refractivity contribution in [3.8, 4) is 16.9 Å². The van der Waals surface area contributed by atoms with Gasteiger partial charge in [-0.25, -0.2) is 0 Å². The molecule has 1 heterocycles. The number of benzene rings is 1. The fourth-order valence-electron chi connectivity index (χ4n) is 1.92. The number of aromatic nitrogens is 1. The van der Waals surface area contributed by atoms with E-state index in [0.717, 1.165) is 24.0 Å². The van der Waals surface area contributed by atoms with Crippen molar-refractivity contribution in [2.45, 2.75) is 18.9 Å². The van der Waals surface area contributed by atoms with Crippen molar-refractivity contribution in [2.24, 2.45) is 0 Å². The quantitative estimate of drug-likeness (QED) is 0.883. The lowest BCUT2D eigenvalue weighted by Gasteiger charge is -2.06. The van der Waals surface area contributed by atoms with E-state index in [1.54, 1.807) is 18.3 Å². The van der Waals surface area contributed by atoms with Crippen LogP contribution in [0.15, 0.2) is 42.7 Å².